The summed E-state index contributed by atoms with van der Waals surface area (Å²) in [4.78, 5) is 14.6. The SMILES string of the molecule is CCN(CC)Cc1cccc(NC(=O)/C=C/c2cnn(-c3ccccc3)c2)c1. The molecule has 0 saturated carbocycles. The average Bonchev–Trinajstić information content (AvgIpc) is 3.20. The predicted molar refractivity (Wildman–Crippen MR) is 114 cm³/mol. The maximum atomic E-state index is 12.3. The highest BCUT2D eigenvalue weighted by Gasteiger charge is 2.04. The van der Waals surface area contributed by atoms with E-state index in [1.807, 2.05) is 54.7 Å². The first-order valence-corrected chi connectivity index (χ1v) is 9.58. The lowest BCUT2D eigenvalue weighted by Crippen LogP contribution is -2.22. The van der Waals surface area contributed by atoms with Crippen LogP contribution in [0.1, 0.15) is 25.0 Å². The number of hydrogen-bond donors (Lipinski definition) is 1. The van der Waals surface area contributed by atoms with Gasteiger partial charge in [-0.2, -0.15) is 5.10 Å². The van der Waals surface area contributed by atoms with Crippen molar-refractivity contribution >= 4 is 17.7 Å². The van der Waals surface area contributed by atoms with Crippen molar-refractivity contribution in [1.82, 2.24) is 14.7 Å². The van der Waals surface area contributed by atoms with Crippen LogP contribution in [-0.2, 0) is 11.3 Å². The van der Waals surface area contributed by atoms with Crippen LogP contribution in [0.4, 0.5) is 5.69 Å². The molecule has 0 bridgehead atoms. The summed E-state index contributed by atoms with van der Waals surface area (Å²) in [5.41, 5.74) is 3.85. The molecule has 5 nitrogen and oxygen atoms in total. The monoisotopic (exact) mass is 374 g/mol. The minimum absolute atomic E-state index is 0.160. The van der Waals surface area contributed by atoms with Crippen LogP contribution in [0.5, 0.6) is 0 Å². The number of benzene rings is 2. The van der Waals surface area contributed by atoms with E-state index in [1.54, 1.807) is 17.0 Å². The Morgan fingerprint density at radius 3 is 2.64 bits per heavy atom. The van der Waals surface area contributed by atoms with Crippen molar-refractivity contribution < 1.29 is 4.79 Å². The molecule has 5 heteroatoms. The molecule has 0 spiro atoms. The largest absolute Gasteiger partial charge is 0.323 e. The number of nitrogens with one attached hydrogen (secondary N) is 1. The highest BCUT2D eigenvalue weighted by atomic mass is 16.1. The lowest BCUT2D eigenvalue weighted by atomic mass is 10.2. The fourth-order valence-electron chi connectivity index (χ4n) is 2.95. The number of carbonyl (C=O) groups is 1. The number of carbonyl (C=O) groups excluding carboxylic acids is 1. The molecule has 0 unspecified atom stereocenters. The van der Waals surface area contributed by atoms with Gasteiger partial charge in [0.2, 0.25) is 5.91 Å². The van der Waals surface area contributed by atoms with Gasteiger partial charge in [-0.05, 0) is 49.0 Å². The molecule has 0 fully saturated rings. The third-order valence-corrected chi connectivity index (χ3v) is 4.55. The van der Waals surface area contributed by atoms with Gasteiger partial charge in [-0.25, -0.2) is 4.68 Å². The zero-order valence-electron chi connectivity index (χ0n) is 16.4. The van der Waals surface area contributed by atoms with Crippen LogP contribution in [-0.4, -0.2) is 33.7 Å². The predicted octanol–water partition coefficient (Wildman–Crippen LogP) is 4.37. The van der Waals surface area contributed by atoms with Gasteiger partial charge in [0.15, 0.2) is 0 Å². The molecule has 0 saturated heterocycles. The van der Waals surface area contributed by atoms with Crippen LogP contribution in [0.3, 0.4) is 0 Å². The number of aromatic nitrogens is 2. The average molecular weight is 374 g/mol. The third-order valence-electron chi connectivity index (χ3n) is 4.55. The van der Waals surface area contributed by atoms with E-state index in [0.29, 0.717) is 0 Å². The van der Waals surface area contributed by atoms with Gasteiger partial charge in [0.25, 0.3) is 0 Å². The molecule has 1 heterocycles. The topological polar surface area (TPSA) is 50.2 Å². The maximum Gasteiger partial charge on any atom is 0.248 e. The second-order valence-electron chi connectivity index (χ2n) is 6.54. The first kappa shape index (κ1) is 19.6. The fourth-order valence-corrected chi connectivity index (χ4v) is 2.95. The Morgan fingerprint density at radius 2 is 1.89 bits per heavy atom. The van der Waals surface area contributed by atoms with Crippen LogP contribution in [0, 0.1) is 0 Å². The molecule has 0 atom stereocenters. The van der Waals surface area contributed by atoms with Gasteiger partial charge in [0.05, 0.1) is 11.9 Å². The Morgan fingerprint density at radius 1 is 1.11 bits per heavy atom. The Labute approximate surface area is 166 Å². The highest BCUT2D eigenvalue weighted by Crippen LogP contribution is 2.13. The van der Waals surface area contributed by atoms with Gasteiger partial charge in [-0.3, -0.25) is 9.69 Å². The minimum atomic E-state index is -0.160. The van der Waals surface area contributed by atoms with E-state index in [4.69, 9.17) is 0 Å². The van der Waals surface area contributed by atoms with Gasteiger partial charge < -0.3 is 5.32 Å². The molecule has 0 radical (unpaired) electrons. The summed E-state index contributed by atoms with van der Waals surface area (Å²) in [6.07, 6.45) is 6.93. The minimum Gasteiger partial charge on any atom is -0.323 e. The molecule has 0 aliphatic carbocycles. The van der Waals surface area contributed by atoms with Gasteiger partial charge in [-0.15, -0.1) is 0 Å². The number of rotatable bonds is 8. The molecule has 1 aromatic heterocycles. The summed E-state index contributed by atoms with van der Waals surface area (Å²) in [6.45, 7) is 7.20. The summed E-state index contributed by atoms with van der Waals surface area (Å²) >= 11 is 0. The Balaban J connectivity index is 1.60. The second kappa shape index (κ2) is 9.67. The van der Waals surface area contributed by atoms with E-state index in [-0.39, 0.29) is 5.91 Å². The van der Waals surface area contributed by atoms with E-state index in [1.165, 1.54) is 11.6 Å². The molecular weight excluding hydrogens is 348 g/mol. The van der Waals surface area contributed by atoms with Crippen molar-refractivity contribution in [3.8, 4) is 5.69 Å². The van der Waals surface area contributed by atoms with Crippen LogP contribution in [0.25, 0.3) is 11.8 Å². The quantitative estimate of drug-likeness (QED) is 0.596. The highest BCUT2D eigenvalue weighted by molar-refractivity contribution is 6.01. The molecule has 28 heavy (non-hydrogen) atoms. The Kier molecular flexibility index (Phi) is 6.76. The molecular formula is C23H26N4O. The molecule has 2 aromatic carbocycles. The normalized spacial score (nSPS) is 11.2. The number of amides is 1. The van der Waals surface area contributed by atoms with E-state index < -0.39 is 0 Å². The van der Waals surface area contributed by atoms with E-state index in [9.17, 15) is 4.79 Å². The molecule has 3 rings (SSSR count). The molecule has 1 N–H and O–H groups in total. The molecule has 1 amide bonds. The summed E-state index contributed by atoms with van der Waals surface area (Å²) < 4.78 is 1.79. The standard InChI is InChI=1S/C23H26N4O/c1-3-26(4-2)17-19-9-8-10-21(15-19)25-23(28)14-13-20-16-24-27(18-20)22-11-6-5-7-12-22/h5-16,18H,3-4,17H2,1-2H3,(H,25,28)/b14-13+. The first-order valence-electron chi connectivity index (χ1n) is 9.58. The number of anilines is 1. The van der Waals surface area contributed by atoms with E-state index in [0.717, 1.165) is 36.6 Å². The lowest BCUT2D eigenvalue weighted by molar-refractivity contribution is -0.111. The van der Waals surface area contributed by atoms with Crippen molar-refractivity contribution in [3.05, 3.63) is 84.2 Å². The van der Waals surface area contributed by atoms with E-state index in [2.05, 4.69) is 35.2 Å². The first-order chi connectivity index (χ1) is 13.7. The van der Waals surface area contributed by atoms with Crippen molar-refractivity contribution in [2.75, 3.05) is 18.4 Å². The molecule has 144 valence electrons. The lowest BCUT2D eigenvalue weighted by Gasteiger charge is -2.18. The van der Waals surface area contributed by atoms with Crippen LogP contribution < -0.4 is 5.32 Å². The van der Waals surface area contributed by atoms with Gasteiger partial charge in [-0.1, -0.05) is 44.2 Å². The number of nitrogens with zero attached hydrogens (tertiary/aromatic N) is 3. The van der Waals surface area contributed by atoms with Gasteiger partial charge in [0.1, 0.15) is 0 Å². The second-order valence-corrected chi connectivity index (χ2v) is 6.54. The maximum absolute atomic E-state index is 12.3. The number of para-hydroxylation sites is 1. The van der Waals surface area contributed by atoms with Crippen molar-refractivity contribution in [2.24, 2.45) is 0 Å². The molecule has 0 aliphatic rings. The molecule has 0 aliphatic heterocycles. The van der Waals surface area contributed by atoms with Gasteiger partial charge in [0, 0.05) is 30.1 Å². The summed E-state index contributed by atoms with van der Waals surface area (Å²) in [6, 6.07) is 17.9. The summed E-state index contributed by atoms with van der Waals surface area (Å²) in [7, 11) is 0. The zero-order valence-corrected chi connectivity index (χ0v) is 16.4. The summed E-state index contributed by atoms with van der Waals surface area (Å²) in [5.74, 6) is -0.160. The third kappa shape index (κ3) is 5.41. The van der Waals surface area contributed by atoms with Crippen molar-refractivity contribution in [3.63, 3.8) is 0 Å². The van der Waals surface area contributed by atoms with E-state index >= 15 is 0 Å². The number of hydrogen-bond acceptors (Lipinski definition) is 3. The Bertz CT molecular complexity index is 927. The zero-order chi connectivity index (χ0) is 19.8. The smallest absolute Gasteiger partial charge is 0.248 e. The fraction of sp³-hybridized carbons (Fsp3) is 0.217. The Hall–Kier alpha value is -3.18. The van der Waals surface area contributed by atoms with Crippen molar-refractivity contribution in [2.45, 2.75) is 20.4 Å². The van der Waals surface area contributed by atoms with Crippen LogP contribution >= 0.6 is 0 Å². The van der Waals surface area contributed by atoms with Crippen LogP contribution in [0.15, 0.2) is 73.1 Å². The van der Waals surface area contributed by atoms with Crippen LogP contribution in [0.2, 0.25) is 0 Å². The van der Waals surface area contributed by atoms with Crippen molar-refractivity contribution in [1.29, 1.82) is 0 Å². The summed E-state index contributed by atoms with van der Waals surface area (Å²) in [5, 5.41) is 7.26. The van der Waals surface area contributed by atoms with Gasteiger partial charge >= 0.3 is 0 Å². The molecule has 3 aromatic rings.